The van der Waals surface area contributed by atoms with Gasteiger partial charge in [-0.25, -0.2) is 4.98 Å². The van der Waals surface area contributed by atoms with Crippen LogP contribution in [0, 0.1) is 0 Å². The molecular weight excluding hydrogens is 198 g/mol. The molecule has 0 atom stereocenters. The Balaban J connectivity index is 2.08. The lowest BCUT2D eigenvalue weighted by molar-refractivity contribution is 0.574. The molecular formula is C13H15N3. The number of hydrogen-bond acceptors (Lipinski definition) is 3. The van der Waals surface area contributed by atoms with Crippen LogP contribution in [0.2, 0.25) is 0 Å². The molecule has 0 amide bonds. The van der Waals surface area contributed by atoms with Crippen molar-refractivity contribution in [1.29, 1.82) is 0 Å². The van der Waals surface area contributed by atoms with Gasteiger partial charge in [-0.05, 0) is 31.4 Å². The molecule has 0 bridgehead atoms. The quantitative estimate of drug-likeness (QED) is 0.729. The Kier molecular flexibility index (Phi) is 2.44. The molecule has 0 unspecified atom stereocenters. The minimum atomic E-state index is 1.03. The van der Waals surface area contributed by atoms with Gasteiger partial charge in [0.1, 0.15) is 5.52 Å². The molecule has 3 heteroatoms. The van der Waals surface area contributed by atoms with Crippen LogP contribution in [0.3, 0.4) is 0 Å². The van der Waals surface area contributed by atoms with Crippen LogP contribution in [-0.4, -0.2) is 23.1 Å². The summed E-state index contributed by atoms with van der Waals surface area (Å²) in [6.45, 7) is 2.23. The number of hydrogen-bond donors (Lipinski definition) is 0. The standard InChI is InChI=1S/C13H15N3/c1-2-9-16(10-3-1)13-12-11(6-8-15-13)5-4-7-14-12/h4-8H,1-3,9-10H2. The summed E-state index contributed by atoms with van der Waals surface area (Å²) in [5.41, 5.74) is 1.03. The summed E-state index contributed by atoms with van der Waals surface area (Å²) in [5, 5.41) is 1.18. The first-order valence-corrected chi connectivity index (χ1v) is 5.90. The molecule has 0 radical (unpaired) electrons. The highest BCUT2D eigenvalue weighted by Gasteiger charge is 2.14. The molecule has 1 aliphatic rings. The Labute approximate surface area is 95.1 Å². The fourth-order valence-electron chi connectivity index (χ4n) is 2.33. The third-order valence-electron chi connectivity index (χ3n) is 3.16. The molecule has 1 fully saturated rings. The Morgan fingerprint density at radius 1 is 0.938 bits per heavy atom. The summed E-state index contributed by atoms with van der Waals surface area (Å²) < 4.78 is 0. The van der Waals surface area contributed by atoms with Crippen molar-refractivity contribution in [3.05, 3.63) is 30.6 Å². The number of anilines is 1. The van der Waals surface area contributed by atoms with Gasteiger partial charge in [-0.1, -0.05) is 6.07 Å². The summed E-state index contributed by atoms with van der Waals surface area (Å²) >= 11 is 0. The van der Waals surface area contributed by atoms with Crippen molar-refractivity contribution in [2.24, 2.45) is 0 Å². The second kappa shape index (κ2) is 4.08. The summed E-state index contributed by atoms with van der Waals surface area (Å²) in [7, 11) is 0. The van der Waals surface area contributed by atoms with Crippen molar-refractivity contribution in [2.45, 2.75) is 19.3 Å². The van der Waals surface area contributed by atoms with E-state index in [0.717, 1.165) is 24.4 Å². The van der Waals surface area contributed by atoms with Crippen LogP contribution in [0.15, 0.2) is 30.6 Å². The van der Waals surface area contributed by atoms with Crippen molar-refractivity contribution in [1.82, 2.24) is 9.97 Å². The molecule has 16 heavy (non-hydrogen) atoms. The first-order valence-electron chi connectivity index (χ1n) is 5.90. The predicted octanol–water partition coefficient (Wildman–Crippen LogP) is 2.62. The van der Waals surface area contributed by atoms with Gasteiger partial charge in [0.25, 0.3) is 0 Å². The maximum absolute atomic E-state index is 4.49. The molecule has 3 nitrogen and oxygen atoms in total. The van der Waals surface area contributed by atoms with E-state index in [-0.39, 0.29) is 0 Å². The molecule has 3 heterocycles. The summed E-state index contributed by atoms with van der Waals surface area (Å²) in [4.78, 5) is 11.3. The second-order valence-corrected chi connectivity index (χ2v) is 4.26. The van der Waals surface area contributed by atoms with E-state index in [9.17, 15) is 0 Å². The van der Waals surface area contributed by atoms with Crippen LogP contribution >= 0.6 is 0 Å². The van der Waals surface area contributed by atoms with E-state index in [1.165, 1.54) is 24.6 Å². The fourth-order valence-corrected chi connectivity index (χ4v) is 2.33. The van der Waals surface area contributed by atoms with Crippen molar-refractivity contribution in [2.75, 3.05) is 18.0 Å². The first kappa shape index (κ1) is 9.58. The molecule has 2 aromatic rings. The number of fused-ring (bicyclic) bond motifs is 1. The van der Waals surface area contributed by atoms with Gasteiger partial charge in [0.15, 0.2) is 5.82 Å². The topological polar surface area (TPSA) is 29.0 Å². The summed E-state index contributed by atoms with van der Waals surface area (Å²) in [5.74, 6) is 1.05. The minimum Gasteiger partial charge on any atom is -0.355 e. The SMILES string of the molecule is c1cnc2c(N3CCCCC3)nccc2c1. The number of rotatable bonds is 1. The molecule has 2 aromatic heterocycles. The van der Waals surface area contributed by atoms with Crippen LogP contribution < -0.4 is 4.90 Å². The lowest BCUT2D eigenvalue weighted by atomic mass is 10.1. The van der Waals surface area contributed by atoms with Crippen LogP contribution in [0.1, 0.15) is 19.3 Å². The van der Waals surface area contributed by atoms with Crippen LogP contribution in [0.4, 0.5) is 5.82 Å². The highest BCUT2D eigenvalue weighted by atomic mass is 15.2. The molecule has 1 saturated heterocycles. The maximum Gasteiger partial charge on any atom is 0.155 e. The summed E-state index contributed by atoms with van der Waals surface area (Å²) in [6, 6.07) is 6.09. The smallest absolute Gasteiger partial charge is 0.155 e. The largest absolute Gasteiger partial charge is 0.355 e. The van der Waals surface area contributed by atoms with Gasteiger partial charge >= 0.3 is 0 Å². The third kappa shape index (κ3) is 1.62. The van der Waals surface area contributed by atoms with Crippen molar-refractivity contribution < 1.29 is 0 Å². The Bertz CT molecular complexity index is 484. The molecule has 0 N–H and O–H groups in total. The lowest BCUT2D eigenvalue weighted by Crippen LogP contribution is -2.30. The van der Waals surface area contributed by atoms with Gasteiger partial charge in [0, 0.05) is 30.9 Å². The number of aromatic nitrogens is 2. The maximum atomic E-state index is 4.49. The third-order valence-corrected chi connectivity index (χ3v) is 3.16. The zero-order valence-electron chi connectivity index (χ0n) is 9.26. The molecule has 3 rings (SSSR count). The molecule has 0 aromatic carbocycles. The van der Waals surface area contributed by atoms with Gasteiger partial charge in [-0.2, -0.15) is 0 Å². The zero-order valence-corrected chi connectivity index (χ0v) is 9.26. The number of piperidine rings is 1. The number of nitrogens with zero attached hydrogens (tertiary/aromatic N) is 3. The summed E-state index contributed by atoms with van der Waals surface area (Å²) in [6.07, 6.45) is 7.61. The highest BCUT2D eigenvalue weighted by Crippen LogP contribution is 2.24. The van der Waals surface area contributed by atoms with E-state index in [2.05, 4.69) is 20.9 Å². The van der Waals surface area contributed by atoms with Crippen molar-refractivity contribution >= 4 is 16.7 Å². The zero-order chi connectivity index (χ0) is 10.8. The lowest BCUT2D eigenvalue weighted by Gasteiger charge is -2.28. The molecule has 1 aliphatic heterocycles. The molecule has 0 aliphatic carbocycles. The minimum absolute atomic E-state index is 1.03. The Morgan fingerprint density at radius 2 is 1.81 bits per heavy atom. The van der Waals surface area contributed by atoms with Crippen molar-refractivity contribution in [3.8, 4) is 0 Å². The average Bonchev–Trinajstić information content (AvgIpc) is 2.39. The molecule has 0 spiro atoms. The Hall–Kier alpha value is -1.64. The van der Waals surface area contributed by atoms with Gasteiger partial charge in [-0.15, -0.1) is 0 Å². The van der Waals surface area contributed by atoms with Crippen LogP contribution in [-0.2, 0) is 0 Å². The van der Waals surface area contributed by atoms with Gasteiger partial charge in [0.05, 0.1) is 0 Å². The van der Waals surface area contributed by atoms with Gasteiger partial charge in [-0.3, -0.25) is 4.98 Å². The van der Waals surface area contributed by atoms with Crippen LogP contribution in [0.5, 0.6) is 0 Å². The van der Waals surface area contributed by atoms with Crippen LogP contribution in [0.25, 0.3) is 10.9 Å². The average molecular weight is 213 g/mol. The van der Waals surface area contributed by atoms with E-state index in [1.54, 1.807) is 0 Å². The van der Waals surface area contributed by atoms with Gasteiger partial charge in [0.2, 0.25) is 0 Å². The molecule has 82 valence electrons. The molecule has 0 saturated carbocycles. The van der Waals surface area contributed by atoms with E-state index in [4.69, 9.17) is 0 Å². The normalized spacial score (nSPS) is 16.6. The van der Waals surface area contributed by atoms with E-state index >= 15 is 0 Å². The van der Waals surface area contributed by atoms with E-state index < -0.39 is 0 Å². The van der Waals surface area contributed by atoms with Gasteiger partial charge < -0.3 is 4.90 Å². The Morgan fingerprint density at radius 3 is 2.69 bits per heavy atom. The fraction of sp³-hybridized carbons (Fsp3) is 0.385. The van der Waals surface area contributed by atoms with E-state index in [1.807, 2.05) is 24.5 Å². The number of pyridine rings is 2. The predicted molar refractivity (Wildman–Crippen MR) is 65.6 cm³/mol. The highest BCUT2D eigenvalue weighted by molar-refractivity contribution is 5.88. The van der Waals surface area contributed by atoms with Crippen molar-refractivity contribution in [3.63, 3.8) is 0 Å². The van der Waals surface area contributed by atoms with E-state index in [0.29, 0.717) is 0 Å². The second-order valence-electron chi connectivity index (χ2n) is 4.26. The monoisotopic (exact) mass is 213 g/mol. The first-order chi connectivity index (χ1) is 7.95.